The summed E-state index contributed by atoms with van der Waals surface area (Å²) >= 11 is 0. The number of carbonyl (C=O) groups is 2. The molecule has 0 spiro atoms. The predicted octanol–water partition coefficient (Wildman–Crippen LogP) is 2.23. The third-order valence-electron chi connectivity index (χ3n) is 4.63. The quantitative estimate of drug-likeness (QED) is 0.666. The standard InChI is InChI=1S/C20H19N3O4/c1-13-2-5-16(6-3-13)23-11-15(9-19(23)24)20(25)22-21-10-14-4-7-17-18(8-14)27-12-26-17/h2-8,10,15H,9,11-12H2,1H3,(H,22,25)/b21-10+. The third kappa shape index (κ3) is 3.62. The average molecular weight is 365 g/mol. The van der Waals surface area contributed by atoms with Crippen molar-refractivity contribution in [3.63, 3.8) is 0 Å². The van der Waals surface area contributed by atoms with E-state index >= 15 is 0 Å². The van der Waals surface area contributed by atoms with E-state index in [1.165, 1.54) is 6.21 Å². The number of amides is 2. The molecule has 1 saturated heterocycles. The van der Waals surface area contributed by atoms with E-state index in [0.717, 1.165) is 16.8 Å². The SMILES string of the molecule is Cc1ccc(N2CC(C(=O)N/N=C/c3ccc4c(c3)OCO4)CC2=O)cc1. The Labute approximate surface area is 156 Å². The lowest BCUT2D eigenvalue weighted by Crippen LogP contribution is -2.30. The van der Waals surface area contributed by atoms with E-state index in [0.29, 0.717) is 18.0 Å². The molecule has 2 heterocycles. The van der Waals surface area contributed by atoms with Crippen molar-refractivity contribution in [1.82, 2.24) is 5.43 Å². The number of hydrogen-bond acceptors (Lipinski definition) is 5. The Balaban J connectivity index is 1.36. The van der Waals surface area contributed by atoms with Crippen molar-refractivity contribution in [2.24, 2.45) is 11.0 Å². The Kier molecular flexibility index (Phi) is 4.50. The molecule has 2 aliphatic rings. The first-order valence-electron chi connectivity index (χ1n) is 8.70. The van der Waals surface area contributed by atoms with E-state index in [2.05, 4.69) is 10.5 Å². The van der Waals surface area contributed by atoms with Gasteiger partial charge in [0.25, 0.3) is 0 Å². The number of ether oxygens (including phenoxy) is 2. The Morgan fingerprint density at radius 2 is 1.96 bits per heavy atom. The third-order valence-corrected chi connectivity index (χ3v) is 4.63. The van der Waals surface area contributed by atoms with Gasteiger partial charge < -0.3 is 14.4 Å². The lowest BCUT2D eigenvalue weighted by molar-refractivity contribution is -0.126. The van der Waals surface area contributed by atoms with E-state index in [-0.39, 0.29) is 25.0 Å². The molecule has 2 aromatic carbocycles. The molecular formula is C20H19N3O4. The summed E-state index contributed by atoms with van der Waals surface area (Å²) in [7, 11) is 0. The fraction of sp³-hybridized carbons (Fsp3) is 0.250. The van der Waals surface area contributed by atoms with Gasteiger partial charge in [0.05, 0.1) is 12.1 Å². The molecule has 1 fully saturated rings. The van der Waals surface area contributed by atoms with Crippen molar-refractivity contribution in [3.05, 3.63) is 53.6 Å². The van der Waals surface area contributed by atoms with Crippen molar-refractivity contribution < 1.29 is 19.1 Å². The molecule has 27 heavy (non-hydrogen) atoms. The highest BCUT2D eigenvalue weighted by atomic mass is 16.7. The van der Waals surface area contributed by atoms with E-state index in [4.69, 9.17) is 9.47 Å². The number of fused-ring (bicyclic) bond motifs is 1. The lowest BCUT2D eigenvalue weighted by Gasteiger charge is -2.16. The summed E-state index contributed by atoms with van der Waals surface area (Å²) in [5, 5.41) is 4.00. The van der Waals surface area contributed by atoms with E-state index in [9.17, 15) is 9.59 Å². The number of aryl methyl sites for hydroxylation is 1. The van der Waals surface area contributed by atoms with Crippen LogP contribution in [0.15, 0.2) is 47.6 Å². The van der Waals surface area contributed by atoms with Crippen LogP contribution in [0.4, 0.5) is 5.69 Å². The van der Waals surface area contributed by atoms with Crippen LogP contribution in [0.1, 0.15) is 17.5 Å². The van der Waals surface area contributed by atoms with Crippen molar-refractivity contribution in [3.8, 4) is 11.5 Å². The van der Waals surface area contributed by atoms with Gasteiger partial charge in [-0.2, -0.15) is 5.10 Å². The second kappa shape index (κ2) is 7.11. The molecule has 7 heteroatoms. The Bertz CT molecular complexity index is 908. The second-order valence-corrected chi connectivity index (χ2v) is 6.59. The van der Waals surface area contributed by atoms with Gasteiger partial charge >= 0.3 is 0 Å². The fourth-order valence-electron chi connectivity index (χ4n) is 3.11. The highest BCUT2D eigenvalue weighted by Gasteiger charge is 2.35. The van der Waals surface area contributed by atoms with E-state index in [1.54, 1.807) is 17.0 Å². The molecule has 4 rings (SSSR count). The zero-order valence-electron chi connectivity index (χ0n) is 14.8. The van der Waals surface area contributed by atoms with Gasteiger partial charge in [-0.1, -0.05) is 17.7 Å². The molecule has 0 aliphatic carbocycles. The molecule has 0 saturated carbocycles. The molecule has 0 radical (unpaired) electrons. The maximum atomic E-state index is 12.4. The molecule has 1 unspecified atom stereocenters. The summed E-state index contributed by atoms with van der Waals surface area (Å²) in [4.78, 5) is 26.3. The lowest BCUT2D eigenvalue weighted by atomic mass is 10.1. The largest absolute Gasteiger partial charge is 0.454 e. The summed E-state index contributed by atoms with van der Waals surface area (Å²) in [5.74, 6) is 0.596. The maximum absolute atomic E-state index is 12.4. The van der Waals surface area contributed by atoms with Gasteiger partial charge in [-0.3, -0.25) is 9.59 Å². The Morgan fingerprint density at radius 1 is 1.19 bits per heavy atom. The van der Waals surface area contributed by atoms with E-state index in [1.807, 2.05) is 37.3 Å². The number of hydrogen-bond donors (Lipinski definition) is 1. The number of nitrogens with zero attached hydrogens (tertiary/aromatic N) is 2. The van der Waals surface area contributed by atoms with Crippen LogP contribution in [0.25, 0.3) is 0 Å². The number of rotatable bonds is 4. The van der Waals surface area contributed by atoms with Crippen LogP contribution in [0.3, 0.4) is 0 Å². The number of hydrazone groups is 1. The van der Waals surface area contributed by atoms with Crippen LogP contribution in [0, 0.1) is 12.8 Å². The van der Waals surface area contributed by atoms with Crippen LogP contribution < -0.4 is 19.8 Å². The minimum Gasteiger partial charge on any atom is -0.454 e. The molecule has 2 aromatic rings. The fourth-order valence-corrected chi connectivity index (χ4v) is 3.11. The topological polar surface area (TPSA) is 80.2 Å². The van der Waals surface area contributed by atoms with Gasteiger partial charge in [0.2, 0.25) is 18.6 Å². The van der Waals surface area contributed by atoms with Crippen LogP contribution in [-0.4, -0.2) is 31.4 Å². The van der Waals surface area contributed by atoms with Gasteiger partial charge in [-0.15, -0.1) is 0 Å². The second-order valence-electron chi connectivity index (χ2n) is 6.59. The summed E-state index contributed by atoms with van der Waals surface area (Å²) < 4.78 is 10.6. The summed E-state index contributed by atoms with van der Waals surface area (Å²) in [6.07, 6.45) is 1.72. The van der Waals surface area contributed by atoms with Crippen LogP contribution >= 0.6 is 0 Å². The van der Waals surface area contributed by atoms with Gasteiger partial charge in [0.1, 0.15) is 0 Å². The number of benzene rings is 2. The van der Waals surface area contributed by atoms with Crippen LogP contribution in [0.2, 0.25) is 0 Å². The van der Waals surface area contributed by atoms with Crippen molar-refractivity contribution in [1.29, 1.82) is 0 Å². The van der Waals surface area contributed by atoms with E-state index < -0.39 is 5.92 Å². The van der Waals surface area contributed by atoms with Gasteiger partial charge in [0.15, 0.2) is 11.5 Å². The highest BCUT2D eigenvalue weighted by Crippen LogP contribution is 2.32. The van der Waals surface area contributed by atoms with Gasteiger partial charge in [0, 0.05) is 18.7 Å². The molecule has 1 N–H and O–H groups in total. The molecule has 7 nitrogen and oxygen atoms in total. The minimum absolute atomic E-state index is 0.0567. The molecule has 0 bridgehead atoms. The van der Waals surface area contributed by atoms with Crippen LogP contribution in [0.5, 0.6) is 11.5 Å². The number of carbonyl (C=O) groups excluding carboxylic acids is 2. The molecule has 2 amide bonds. The first kappa shape index (κ1) is 17.1. The zero-order valence-corrected chi connectivity index (χ0v) is 14.8. The van der Waals surface area contributed by atoms with Crippen LogP contribution in [-0.2, 0) is 9.59 Å². The van der Waals surface area contributed by atoms with Crippen molar-refractivity contribution >= 4 is 23.7 Å². The Morgan fingerprint density at radius 3 is 2.78 bits per heavy atom. The molecule has 2 aliphatic heterocycles. The highest BCUT2D eigenvalue weighted by molar-refractivity contribution is 6.00. The molecule has 138 valence electrons. The predicted molar refractivity (Wildman–Crippen MR) is 99.9 cm³/mol. The molecular weight excluding hydrogens is 346 g/mol. The van der Waals surface area contributed by atoms with Gasteiger partial charge in [-0.25, -0.2) is 5.43 Å². The average Bonchev–Trinajstić information content (AvgIpc) is 3.28. The Hall–Kier alpha value is -3.35. The van der Waals surface area contributed by atoms with Gasteiger partial charge in [-0.05, 0) is 42.8 Å². The summed E-state index contributed by atoms with van der Waals surface area (Å²) in [6.45, 7) is 2.55. The smallest absolute Gasteiger partial charge is 0.245 e. The number of nitrogens with one attached hydrogen (secondary N) is 1. The monoisotopic (exact) mass is 365 g/mol. The van der Waals surface area contributed by atoms with Crippen molar-refractivity contribution in [2.45, 2.75) is 13.3 Å². The molecule has 0 aromatic heterocycles. The first-order chi connectivity index (χ1) is 13.1. The van der Waals surface area contributed by atoms with Crippen molar-refractivity contribution in [2.75, 3.05) is 18.2 Å². The maximum Gasteiger partial charge on any atom is 0.245 e. The summed E-state index contributed by atoms with van der Waals surface area (Å²) in [6, 6.07) is 13.1. The molecule has 1 atom stereocenters. The first-order valence-corrected chi connectivity index (χ1v) is 8.70. The normalized spacial score (nSPS) is 18.3. The number of anilines is 1. The zero-order chi connectivity index (χ0) is 18.8. The minimum atomic E-state index is -0.423. The summed E-state index contributed by atoms with van der Waals surface area (Å²) in [5.41, 5.74) is 5.24.